The van der Waals surface area contributed by atoms with Crippen molar-refractivity contribution in [3.8, 4) is 0 Å². The van der Waals surface area contributed by atoms with Gasteiger partial charge in [0.05, 0.1) is 0 Å². The number of amides is 1. The van der Waals surface area contributed by atoms with Crippen LogP contribution in [0.5, 0.6) is 0 Å². The first kappa shape index (κ1) is 19.7. The van der Waals surface area contributed by atoms with Gasteiger partial charge in [0, 0.05) is 18.7 Å². The smallest absolute Gasteiger partial charge is 0.328 e. The van der Waals surface area contributed by atoms with E-state index < -0.39 is 5.97 Å². The second-order valence-corrected chi connectivity index (χ2v) is 5.97. The Morgan fingerprint density at radius 2 is 1.43 bits per heavy atom. The molecule has 0 heterocycles. The van der Waals surface area contributed by atoms with Crippen LogP contribution in [0.4, 0.5) is 0 Å². The largest absolute Gasteiger partial charge is 0.478 e. The van der Waals surface area contributed by atoms with E-state index in [0.29, 0.717) is 6.54 Å². The number of hydrogen-bond acceptors (Lipinski definition) is 2. The molecular formula is C17H31NO3. The molecule has 0 radical (unpaired) electrons. The van der Waals surface area contributed by atoms with Crippen molar-refractivity contribution in [1.29, 1.82) is 0 Å². The van der Waals surface area contributed by atoms with Crippen molar-refractivity contribution < 1.29 is 14.7 Å². The average molecular weight is 297 g/mol. The first-order valence-electron chi connectivity index (χ1n) is 8.21. The monoisotopic (exact) mass is 297 g/mol. The van der Waals surface area contributed by atoms with E-state index in [2.05, 4.69) is 19.2 Å². The van der Waals surface area contributed by atoms with Crippen LogP contribution in [0.2, 0.25) is 0 Å². The fraction of sp³-hybridized carbons (Fsp3) is 0.765. The Labute approximate surface area is 129 Å². The summed E-state index contributed by atoms with van der Waals surface area (Å²) in [7, 11) is 0. The van der Waals surface area contributed by atoms with Gasteiger partial charge in [-0.05, 0) is 12.3 Å². The number of unbranched alkanes of at least 4 members (excludes halogenated alkanes) is 7. The molecule has 0 aliphatic rings. The summed E-state index contributed by atoms with van der Waals surface area (Å²) in [6.45, 7) is 5.17. The highest BCUT2D eigenvalue weighted by Crippen LogP contribution is 2.12. The lowest BCUT2D eigenvalue weighted by Crippen LogP contribution is -2.22. The molecule has 0 aromatic carbocycles. The highest BCUT2D eigenvalue weighted by atomic mass is 16.4. The van der Waals surface area contributed by atoms with E-state index in [4.69, 9.17) is 5.11 Å². The number of carbonyl (C=O) groups is 2. The number of nitrogens with one attached hydrogen (secondary N) is 1. The molecule has 0 saturated heterocycles. The Morgan fingerprint density at radius 3 is 1.95 bits per heavy atom. The van der Waals surface area contributed by atoms with E-state index in [-0.39, 0.29) is 5.91 Å². The topological polar surface area (TPSA) is 66.4 Å². The molecule has 0 aliphatic carbocycles. The van der Waals surface area contributed by atoms with Gasteiger partial charge in [-0.15, -0.1) is 0 Å². The SMILES string of the molecule is CC(C)CCCCCCCCCCNC(=O)/C=C\C(=O)O. The normalized spacial score (nSPS) is 11.2. The molecule has 0 aromatic rings. The minimum atomic E-state index is -1.10. The van der Waals surface area contributed by atoms with Gasteiger partial charge in [-0.2, -0.15) is 0 Å². The van der Waals surface area contributed by atoms with Crippen LogP contribution in [0.25, 0.3) is 0 Å². The lowest BCUT2D eigenvalue weighted by molar-refractivity contribution is -0.131. The molecule has 0 unspecified atom stereocenters. The van der Waals surface area contributed by atoms with Gasteiger partial charge in [0.25, 0.3) is 0 Å². The molecule has 0 atom stereocenters. The summed E-state index contributed by atoms with van der Waals surface area (Å²) >= 11 is 0. The summed E-state index contributed by atoms with van der Waals surface area (Å²) in [6, 6.07) is 0. The Morgan fingerprint density at radius 1 is 0.905 bits per heavy atom. The standard InChI is InChI=1S/C17H31NO3/c1-15(2)11-9-7-5-3-4-6-8-10-14-18-16(19)12-13-17(20)21/h12-13,15H,3-11,14H2,1-2H3,(H,18,19)(H,20,21)/b13-12-. The number of carbonyl (C=O) groups excluding carboxylic acids is 1. The van der Waals surface area contributed by atoms with E-state index >= 15 is 0 Å². The first-order chi connectivity index (χ1) is 10.0. The summed E-state index contributed by atoms with van der Waals surface area (Å²) in [5, 5.41) is 11.0. The van der Waals surface area contributed by atoms with E-state index in [1.807, 2.05) is 0 Å². The first-order valence-corrected chi connectivity index (χ1v) is 8.21. The van der Waals surface area contributed by atoms with Crippen LogP contribution in [-0.4, -0.2) is 23.5 Å². The van der Waals surface area contributed by atoms with Crippen LogP contribution in [0.1, 0.15) is 71.6 Å². The van der Waals surface area contributed by atoms with Gasteiger partial charge < -0.3 is 10.4 Å². The van der Waals surface area contributed by atoms with E-state index in [1.54, 1.807) is 0 Å². The predicted octanol–water partition coefficient (Wildman–Crippen LogP) is 3.91. The van der Waals surface area contributed by atoms with Gasteiger partial charge in [-0.25, -0.2) is 4.79 Å². The molecule has 0 aromatic heterocycles. The second kappa shape index (κ2) is 13.7. The van der Waals surface area contributed by atoms with Gasteiger partial charge in [-0.1, -0.05) is 65.2 Å². The molecule has 0 fully saturated rings. The zero-order chi connectivity index (χ0) is 15.9. The number of aliphatic carboxylic acids is 1. The molecule has 1 amide bonds. The summed E-state index contributed by atoms with van der Waals surface area (Å²) < 4.78 is 0. The summed E-state index contributed by atoms with van der Waals surface area (Å²) in [5.41, 5.74) is 0. The average Bonchev–Trinajstić information content (AvgIpc) is 2.42. The molecule has 4 nitrogen and oxygen atoms in total. The van der Waals surface area contributed by atoms with Crippen molar-refractivity contribution in [3.05, 3.63) is 12.2 Å². The molecule has 0 spiro atoms. The Kier molecular flexibility index (Phi) is 12.8. The summed E-state index contributed by atoms with van der Waals surface area (Å²) in [4.78, 5) is 21.4. The third kappa shape index (κ3) is 16.6. The lowest BCUT2D eigenvalue weighted by atomic mass is 10.0. The zero-order valence-electron chi connectivity index (χ0n) is 13.6. The maximum atomic E-state index is 11.2. The summed E-state index contributed by atoms with van der Waals surface area (Å²) in [6.07, 6.45) is 13.2. The molecule has 2 N–H and O–H groups in total. The Hall–Kier alpha value is -1.32. The van der Waals surface area contributed by atoms with E-state index in [9.17, 15) is 9.59 Å². The maximum absolute atomic E-state index is 11.2. The van der Waals surface area contributed by atoms with Gasteiger partial charge in [0.2, 0.25) is 5.91 Å². The van der Waals surface area contributed by atoms with Crippen LogP contribution < -0.4 is 5.32 Å². The van der Waals surface area contributed by atoms with Crippen LogP contribution >= 0.6 is 0 Å². The fourth-order valence-electron chi connectivity index (χ4n) is 2.16. The quantitative estimate of drug-likeness (QED) is 0.400. The Balaban J connectivity index is 3.22. The highest BCUT2D eigenvalue weighted by Gasteiger charge is 1.97. The van der Waals surface area contributed by atoms with Gasteiger partial charge in [0.1, 0.15) is 0 Å². The minimum Gasteiger partial charge on any atom is -0.478 e. The van der Waals surface area contributed by atoms with Gasteiger partial charge >= 0.3 is 5.97 Å². The second-order valence-electron chi connectivity index (χ2n) is 5.97. The molecule has 21 heavy (non-hydrogen) atoms. The van der Waals surface area contributed by atoms with Crippen LogP contribution in [0, 0.1) is 5.92 Å². The van der Waals surface area contributed by atoms with Gasteiger partial charge in [-0.3, -0.25) is 4.79 Å². The number of carboxylic acid groups (broad SMARTS) is 1. The van der Waals surface area contributed by atoms with Crippen molar-refractivity contribution in [2.75, 3.05) is 6.54 Å². The number of hydrogen-bond donors (Lipinski definition) is 2. The Bertz CT molecular complexity index is 311. The summed E-state index contributed by atoms with van der Waals surface area (Å²) in [5.74, 6) is -0.605. The van der Waals surface area contributed by atoms with Crippen molar-refractivity contribution >= 4 is 11.9 Å². The molecular weight excluding hydrogens is 266 g/mol. The third-order valence-corrected chi connectivity index (χ3v) is 3.38. The molecule has 0 rings (SSSR count). The van der Waals surface area contributed by atoms with Crippen LogP contribution in [-0.2, 0) is 9.59 Å². The lowest BCUT2D eigenvalue weighted by Gasteiger charge is -2.05. The number of rotatable bonds is 13. The van der Waals surface area contributed by atoms with Crippen LogP contribution in [0.15, 0.2) is 12.2 Å². The fourth-order valence-corrected chi connectivity index (χ4v) is 2.16. The zero-order valence-corrected chi connectivity index (χ0v) is 13.6. The highest BCUT2D eigenvalue weighted by molar-refractivity contribution is 5.93. The number of carboxylic acids is 1. The maximum Gasteiger partial charge on any atom is 0.328 e. The van der Waals surface area contributed by atoms with Crippen molar-refractivity contribution in [2.24, 2.45) is 5.92 Å². The molecule has 122 valence electrons. The van der Waals surface area contributed by atoms with Gasteiger partial charge in [0.15, 0.2) is 0 Å². The molecule has 4 heteroatoms. The van der Waals surface area contributed by atoms with E-state index in [0.717, 1.165) is 30.9 Å². The van der Waals surface area contributed by atoms with E-state index in [1.165, 1.54) is 44.9 Å². The predicted molar refractivity (Wildman–Crippen MR) is 86.2 cm³/mol. The van der Waals surface area contributed by atoms with Crippen molar-refractivity contribution in [3.63, 3.8) is 0 Å². The minimum absolute atomic E-state index is 0.331. The third-order valence-electron chi connectivity index (χ3n) is 3.38. The van der Waals surface area contributed by atoms with Crippen molar-refractivity contribution in [1.82, 2.24) is 5.32 Å². The molecule has 0 aliphatic heterocycles. The van der Waals surface area contributed by atoms with Crippen molar-refractivity contribution in [2.45, 2.75) is 71.6 Å². The molecule has 0 saturated carbocycles. The van der Waals surface area contributed by atoms with Crippen LogP contribution in [0.3, 0.4) is 0 Å². The molecule has 0 bridgehead atoms.